The van der Waals surface area contributed by atoms with Crippen molar-refractivity contribution in [3.8, 4) is 28.0 Å². The normalized spacial score (nSPS) is 19.2. The van der Waals surface area contributed by atoms with Gasteiger partial charge in [0.15, 0.2) is 11.3 Å². The number of carbonyl (C=O) groups excluding carboxylic acids is 1. The van der Waals surface area contributed by atoms with Crippen LogP contribution in [0.15, 0.2) is 156 Å². The number of likely N-dealkylation sites (N-methyl/N-ethyl adjacent to an activating group) is 1. The molecule has 2 spiro atoms. The molecule has 5 aliphatic rings. The molecule has 2 unspecified atom stereocenters. The number of nitrogens with one attached hydrogen (secondary N) is 3. The van der Waals surface area contributed by atoms with Crippen molar-refractivity contribution in [2.75, 3.05) is 61.8 Å². The van der Waals surface area contributed by atoms with Crippen molar-refractivity contribution in [3.63, 3.8) is 0 Å². The highest BCUT2D eigenvalue weighted by atomic mass is 16.5. The third kappa shape index (κ3) is 6.46. The number of aliphatic hydroxyl groups excluding tert-OH is 1. The highest BCUT2D eigenvalue weighted by molar-refractivity contribution is 6.52. The second-order valence-corrected chi connectivity index (χ2v) is 19.8. The first-order valence-corrected chi connectivity index (χ1v) is 25.9. The molecule has 0 fully saturated rings. The number of hydrogen-bond donors (Lipinski definition) is 4. The van der Waals surface area contributed by atoms with Crippen LogP contribution in [0.2, 0.25) is 0 Å². The zero-order chi connectivity index (χ0) is 48.9. The van der Waals surface area contributed by atoms with Crippen molar-refractivity contribution in [1.82, 2.24) is 9.80 Å². The van der Waals surface area contributed by atoms with Crippen LogP contribution in [0.3, 0.4) is 0 Å². The van der Waals surface area contributed by atoms with Gasteiger partial charge in [-0.25, -0.2) is 4.99 Å². The molecule has 0 radical (unpaired) electrons. The van der Waals surface area contributed by atoms with Gasteiger partial charge in [-0.2, -0.15) is 0 Å². The first kappa shape index (κ1) is 44.2. The van der Waals surface area contributed by atoms with Crippen LogP contribution in [0, 0.1) is 0 Å². The number of hydrogen-bond acceptors (Lipinski definition) is 9. The summed E-state index contributed by atoms with van der Waals surface area (Å²) >= 11 is 0. The van der Waals surface area contributed by atoms with E-state index < -0.39 is 11.3 Å². The molecule has 8 aromatic carbocycles. The van der Waals surface area contributed by atoms with Crippen LogP contribution in [0.4, 0.5) is 17.1 Å². The van der Waals surface area contributed by atoms with Crippen molar-refractivity contribution in [2.45, 2.75) is 51.9 Å². The second kappa shape index (κ2) is 17.0. The van der Waals surface area contributed by atoms with Crippen LogP contribution in [0.1, 0.15) is 67.5 Å². The fourth-order valence-corrected chi connectivity index (χ4v) is 12.5. The average Bonchev–Trinajstić information content (AvgIpc) is 3.82. The monoisotopic (exact) mass is 946 g/mol. The topological polar surface area (TPSA) is 101 Å². The molecular formula is C63H58N6O3. The molecule has 0 aromatic heterocycles. The third-order valence-corrected chi connectivity index (χ3v) is 16.3. The van der Waals surface area contributed by atoms with Crippen molar-refractivity contribution < 1.29 is 14.6 Å². The zero-order valence-electron chi connectivity index (χ0n) is 41.3. The number of benzene rings is 8. The van der Waals surface area contributed by atoms with Gasteiger partial charge in [0, 0.05) is 61.7 Å². The summed E-state index contributed by atoms with van der Waals surface area (Å²) in [5.41, 5.74) is 12.1. The lowest BCUT2D eigenvalue weighted by atomic mass is 9.79. The summed E-state index contributed by atoms with van der Waals surface area (Å²) in [6.07, 6.45) is 2.02. The van der Waals surface area contributed by atoms with Gasteiger partial charge in [0.2, 0.25) is 5.78 Å². The zero-order valence-corrected chi connectivity index (χ0v) is 41.3. The Hall–Kier alpha value is -7.72. The number of aliphatic hydroxyl groups is 1. The van der Waals surface area contributed by atoms with E-state index in [-0.39, 0.29) is 22.7 Å². The molecule has 2 atom stereocenters. The second-order valence-electron chi connectivity index (χ2n) is 19.8. The molecule has 3 aliphatic carbocycles. The van der Waals surface area contributed by atoms with E-state index >= 15 is 4.79 Å². The maximum Gasteiger partial charge on any atom is 0.201 e. The summed E-state index contributed by atoms with van der Waals surface area (Å²) in [4.78, 5) is 25.9. The molecule has 0 bridgehead atoms. The van der Waals surface area contributed by atoms with Gasteiger partial charge in [0.25, 0.3) is 0 Å². The Morgan fingerprint density at radius 1 is 0.569 bits per heavy atom. The minimum absolute atomic E-state index is 0.0304. The number of nitrogens with zero attached hydrogens (tertiary/aromatic N) is 3. The van der Waals surface area contributed by atoms with Crippen LogP contribution >= 0.6 is 0 Å². The Morgan fingerprint density at radius 2 is 1.21 bits per heavy atom. The third-order valence-electron chi connectivity index (χ3n) is 16.3. The van der Waals surface area contributed by atoms with E-state index in [4.69, 9.17) is 9.73 Å². The van der Waals surface area contributed by atoms with Gasteiger partial charge in [-0.05, 0) is 108 Å². The lowest BCUT2D eigenvalue weighted by molar-refractivity contribution is -0.109. The summed E-state index contributed by atoms with van der Waals surface area (Å²) in [6, 6.07) is 50.9. The number of aryl methyl sites for hydroxylation is 1. The summed E-state index contributed by atoms with van der Waals surface area (Å²) in [7, 11) is 0. The lowest BCUT2D eigenvalue weighted by Crippen LogP contribution is -2.45. The molecular weight excluding hydrogens is 889 g/mol. The van der Waals surface area contributed by atoms with Crippen LogP contribution in [-0.4, -0.2) is 66.6 Å². The molecule has 9 heteroatoms. The molecule has 0 amide bonds. The van der Waals surface area contributed by atoms with E-state index in [2.05, 4.69) is 175 Å². The van der Waals surface area contributed by atoms with Gasteiger partial charge in [-0.15, -0.1) is 0 Å². The molecule has 0 saturated heterocycles. The Bertz CT molecular complexity index is 3760. The van der Waals surface area contributed by atoms with Crippen LogP contribution in [0.5, 0.6) is 5.75 Å². The van der Waals surface area contributed by atoms with Crippen LogP contribution in [0.25, 0.3) is 54.9 Å². The molecule has 4 N–H and O–H groups in total. The summed E-state index contributed by atoms with van der Waals surface area (Å²) in [5.74, 6) is 0.547. The van der Waals surface area contributed by atoms with Crippen LogP contribution < -0.4 is 31.3 Å². The first-order chi connectivity index (χ1) is 35.3. The predicted octanol–water partition coefficient (Wildman–Crippen LogP) is 11.3. The quantitative estimate of drug-likeness (QED) is 0.0907. The molecule has 358 valence electrons. The molecule has 0 saturated carbocycles. The largest absolute Gasteiger partial charge is 0.506 e. The Kier molecular flexibility index (Phi) is 10.4. The molecule has 2 aliphatic heterocycles. The van der Waals surface area contributed by atoms with Gasteiger partial charge in [0.1, 0.15) is 18.1 Å². The van der Waals surface area contributed by atoms with Gasteiger partial charge in [-0.1, -0.05) is 149 Å². The van der Waals surface area contributed by atoms with Gasteiger partial charge in [-0.3, -0.25) is 4.79 Å². The molecule has 13 rings (SSSR count). The van der Waals surface area contributed by atoms with E-state index in [1.54, 1.807) is 0 Å². The highest BCUT2D eigenvalue weighted by Crippen LogP contribution is 2.56. The smallest absolute Gasteiger partial charge is 0.201 e. The number of ether oxygens (including phenoxy) is 1. The molecule has 72 heavy (non-hydrogen) atoms. The van der Waals surface area contributed by atoms with Gasteiger partial charge < -0.3 is 35.6 Å². The number of carbonyl (C=O) groups is 1. The standard InChI is InChI=1S/C63H58N6O3/c1-5-68(6-2)33-15-16-38-25-29-44-42-19-9-11-21-48(42)62(50(44)36-38)64-52-23-13-17-39-26-30-46(58(66-62)54(39)52)56-60(70)57(61(56)71)47-31-27-40-18-14-24-53-55(40)59(47)67-63(65-53)49-22-12-10-20-43(49)45-32-28-41(37-51(45)63)72-35-34-69(7-3)8-4/h9-14,17-32,36-37,64-65,67,70H,5-8,15-16,33-35H2,1-4H3. The number of Topliss-reactive ketones (excluding diaryl/α,β-unsaturated/α-hetero) is 1. The Morgan fingerprint density at radius 3 is 1.97 bits per heavy atom. The fourth-order valence-electron chi connectivity index (χ4n) is 12.5. The maximum absolute atomic E-state index is 15.3. The van der Waals surface area contributed by atoms with Gasteiger partial charge in [0.05, 0.1) is 22.2 Å². The minimum atomic E-state index is -0.956. The van der Waals surface area contributed by atoms with Crippen molar-refractivity contribution in [2.24, 2.45) is 4.99 Å². The molecule has 8 aromatic rings. The van der Waals surface area contributed by atoms with Crippen molar-refractivity contribution in [1.29, 1.82) is 0 Å². The van der Waals surface area contributed by atoms with E-state index in [0.717, 1.165) is 141 Å². The number of allylic oxidation sites excluding steroid dienone is 2. The number of ketones is 1. The van der Waals surface area contributed by atoms with E-state index in [9.17, 15) is 5.11 Å². The molecule has 2 heterocycles. The summed E-state index contributed by atoms with van der Waals surface area (Å²) < 4.78 is 6.45. The fraction of sp³-hybridized carbons (Fsp3) is 0.238. The average molecular weight is 947 g/mol. The summed E-state index contributed by atoms with van der Waals surface area (Å²) in [5, 5.41) is 29.8. The highest BCUT2D eigenvalue weighted by Gasteiger charge is 2.49. The number of fused-ring (bicyclic) bond motifs is 10. The van der Waals surface area contributed by atoms with Gasteiger partial charge >= 0.3 is 0 Å². The van der Waals surface area contributed by atoms with Crippen LogP contribution in [-0.2, 0) is 22.5 Å². The maximum atomic E-state index is 15.3. The number of anilines is 3. The van der Waals surface area contributed by atoms with E-state index in [1.165, 1.54) is 5.56 Å². The number of rotatable bonds is 13. The Balaban J connectivity index is 0.962. The first-order valence-electron chi connectivity index (χ1n) is 25.9. The Labute approximate surface area is 420 Å². The molecule has 9 nitrogen and oxygen atoms in total. The van der Waals surface area contributed by atoms with Crippen molar-refractivity contribution >= 4 is 55.5 Å². The predicted molar refractivity (Wildman–Crippen MR) is 292 cm³/mol. The summed E-state index contributed by atoms with van der Waals surface area (Å²) in [6.45, 7) is 15.3. The lowest BCUT2D eigenvalue weighted by Gasteiger charge is -2.41. The van der Waals surface area contributed by atoms with E-state index in [1.807, 2.05) is 24.3 Å². The van der Waals surface area contributed by atoms with Crippen molar-refractivity contribution in [3.05, 3.63) is 195 Å². The van der Waals surface area contributed by atoms with E-state index in [0.29, 0.717) is 22.7 Å². The SMILES string of the molecule is CCN(CC)CCCc1ccc2c(c1)C1(N=c3c(=C4C(=O)C(c5ccc6cccc7c6c5NC5(N7)c6ccccc6-c6ccc(OCCN(CC)CC)cc65)=C4O)ccc4cccc(c34)N1)c1ccccc1-2. The minimum Gasteiger partial charge on any atom is -0.506 e.